The zero-order chi connectivity index (χ0) is 9.26. The Morgan fingerprint density at radius 1 is 1.31 bits per heavy atom. The van der Waals surface area contributed by atoms with Crippen molar-refractivity contribution in [2.75, 3.05) is 7.11 Å². The Morgan fingerprint density at radius 3 is 2.92 bits per heavy atom. The van der Waals surface area contributed by atoms with Gasteiger partial charge in [0.05, 0.1) is 16.2 Å². The normalized spacial score (nSPS) is 10.3. The Hall–Kier alpha value is -0.840. The highest BCUT2D eigenvalue weighted by molar-refractivity contribution is 14.1. The summed E-state index contributed by atoms with van der Waals surface area (Å²) in [5.41, 5.74) is 1.01. The van der Waals surface area contributed by atoms with Gasteiger partial charge in [-0.05, 0) is 40.8 Å². The van der Waals surface area contributed by atoms with Crippen LogP contribution in [0.15, 0.2) is 30.5 Å². The Balaban J connectivity index is 2.79. The molecule has 0 saturated heterocycles. The van der Waals surface area contributed by atoms with E-state index in [0.29, 0.717) is 0 Å². The molecule has 3 heteroatoms. The predicted octanol–water partition coefficient (Wildman–Crippen LogP) is 2.85. The minimum absolute atomic E-state index is 0.904. The van der Waals surface area contributed by atoms with Crippen LogP contribution in [-0.2, 0) is 0 Å². The number of aromatic nitrogens is 1. The first-order chi connectivity index (χ1) is 6.33. The molecule has 0 unspecified atom stereocenters. The maximum atomic E-state index is 5.22. The van der Waals surface area contributed by atoms with Crippen LogP contribution in [0, 0.1) is 3.57 Å². The minimum atomic E-state index is 0.904. The number of halogens is 1. The van der Waals surface area contributed by atoms with E-state index in [1.165, 1.54) is 0 Å². The fourth-order valence-electron chi connectivity index (χ4n) is 1.25. The van der Waals surface area contributed by atoms with Crippen molar-refractivity contribution in [3.05, 3.63) is 34.0 Å². The van der Waals surface area contributed by atoms with Crippen molar-refractivity contribution in [1.82, 2.24) is 4.98 Å². The van der Waals surface area contributed by atoms with E-state index in [1.54, 1.807) is 13.3 Å². The van der Waals surface area contributed by atoms with Crippen LogP contribution in [0.25, 0.3) is 10.9 Å². The average Bonchev–Trinajstić information content (AvgIpc) is 2.19. The van der Waals surface area contributed by atoms with Crippen molar-refractivity contribution in [2.24, 2.45) is 0 Å². The fourth-order valence-corrected chi connectivity index (χ4v) is 2.11. The minimum Gasteiger partial charge on any atom is -0.496 e. The molecule has 2 aromatic rings. The Morgan fingerprint density at radius 2 is 2.15 bits per heavy atom. The van der Waals surface area contributed by atoms with Crippen LogP contribution < -0.4 is 4.74 Å². The summed E-state index contributed by atoms with van der Waals surface area (Å²) in [4.78, 5) is 4.26. The third kappa shape index (κ3) is 1.48. The van der Waals surface area contributed by atoms with Gasteiger partial charge in [0.25, 0.3) is 0 Å². The van der Waals surface area contributed by atoms with Gasteiger partial charge in [-0.2, -0.15) is 0 Å². The number of pyridine rings is 1. The topological polar surface area (TPSA) is 22.1 Å². The van der Waals surface area contributed by atoms with Gasteiger partial charge in [-0.1, -0.05) is 6.07 Å². The van der Waals surface area contributed by atoms with Gasteiger partial charge in [-0.3, -0.25) is 4.98 Å². The molecule has 0 spiro atoms. The first-order valence-electron chi connectivity index (χ1n) is 3.90. The van der Waals surface area contributed by atoms with Crippen LogP contribution in [0.2, 0.25) is 0 Å². The molecule has 1 heterocycles. The predicted molar refractivity (Wildman–Crippen MR) is 61.0 cm³/mol. The zero-order valence-electron chi connectivity index (χ0n) is 7.12. The maximum Gasteiger partial charge on any atom is 0.132 e. The van der Waals surface area contributed by atoms with E-state index in [2.05, 4.69) is 27.6 Å². The SMILES string of the molecule is COc1ccc2ncccc2c1I. The van der Waals surface area contributed by atoms with Crippen LogP contribution >= 0.6 is 22.6 Å². The monoisotopic (exact) mass is 285 g/mol. The number of benzene rings is 1. The lowest BCUT2D eigenvalue weighted by molar-refractivity contribution is 0.412. The summed E-state index contributed by atoms with van der Waals surface area (Å²) in [5, 5.41) is 1.14. The summed E-state index contributed by atoms with van der Waals surface area (Å²) < 4.78 is 6.33. The van der Waals surface area contributed by atoms with Crippen LogP contribution in [0.4, 0.5) is 0 Å². The molecular formula is C10H8INO. The van der Waals surface area contributed by atoms with Gasteiger partial charge in [0, 0.05) is 11.6 Å². The Bertz CT molecular complexity index is 442. The van der Waals surface area contributed by atoms with Crippen LogP contribution in [0.1, 0.15) is 0 Å². The van der Waals surface area contributed by atoms with Crippen molar-refractivity contribution in [3.8, 4) is 5.75 Å². The molecule has 1 aromatic heterocycles. The number of nitrogens with zero attached hydrogens (tertiary/aromatic N) is 1. The van der Waals surface area contributed by atoms with E-state index in [4.69, 9.17) is 4.74 Å². The highest BCUT2D eigenvalue weighted by Gasteiger charge is 2.04. The quantitative estimate of drug-likeness (QED) is 0.752. The lowest BCUT2D eigenvalue weighted by atomic mass is 10.2. The third-order valence-corrected chi connectivity index (χ3v) is 3.02. The molecule has 0 radical (unpaired) electrons. The fraction of sp³-hybridized carbons (Fsp3) is 0.100. The lowest BCUT2D eigenvalue weighted by Crippen LogP contribution is -1.88. The first-order valence-corrected chi connectivity index (χ1v) is 4.98. The molecule has 0 N–H and O–H groups in total. The molecular weight excluding hydrogens is 277 g/mol. The highest BCUT2D eigenvalue weighted by Crippen LogP contribution is 2.27. The smallest absolute Gasteiger partial charge is 0.132 e. The maximum absolute atomic E-state index is 5.22. The van der Waals surface area contributed by atoms with Gasteiger partial charge in [0.15, 0.2) is 0 Å². The van der Waals surface area contributed by atoms with E-state index in [0.717, 1.165) is 20.2 Å². The molecule has 1 aromatic carbocycles. The van der Waals surface area contributed by atoms with Crippen molar-refractivity contribution in [3.63, 3.8) is 0 Å². The molecule has 0 amide bonds. The largest absolute Gasteiger partial charge is 0.496 e. The lowest BCUT2D eigenvalue weighted by Gasteiger charge is -2.05. The number of rotatable bonds is 1. The van der Waals surface area contributed by atoms with Gasteiger partial charge in [0.2, 0.25) is 0 Å². The Labute approximate surface area is 90.1 Å². The number of hydrogen-bond donors (Lipinski definition) is 0. The van der Waals surface area contributed by atoms with Crippen LogP contribution in [0.3, 0.4) is 0 Å². The average molecular weight is 285 g/mol. The standard InChI is InChI=1S/C10H8INO/c1-13-9-5-4-8-7(10(9)11)3-2-6-12-8/h2-6H,1H3. The summed E-state index contributed by atoms with van der Waals surface area (Å²) in [6.45, 7) is 0. The second-order valence-corrected chi connectivity index (χ2v) is 3.73. The summed E-state index contributed by atoms with van der Waals surface area (Å²) in [7, 11) is 1.68. The molecule has 0 aliphatic rings. The van der Waals surface area contributed by atoms with Gasteiger partial charge in [0.1, 0.15) is 5.75 Å². The molecule has 0 bridgehead atoms. The second-order valence-electron chi connectivity index (χ2n) is 2.65. The molecule has 13 heavy (non-hydrogen) atoms. The number of fused-ring (bicyclic) bond motifs is 1. The summed E-state index contributed by atoms with van der Waals surface area (Å²) in [5.74, 6) is 0.904. The summed E-state index contributed by atoms with van der Waals surface area (Å²) in [6.07, 6.45) is 1.80. The van der Waals surface area contributed by atoms with Gasteiger partial charge < -0.3 is 4.74 Å². The van der Waals surface area contributed by atoms with Crippen LogP contribution in [0.5, 0.6) is 5.75 Å². The second kappa shape index (κ2) is 3.49. The molecule has 0 atom stereocenters. The molecule has 66 valence electrons. The van der Waals surface area contributed by atoms with E-state index >= 15 is 0 Å². The van der Waals surface area contributed by atoms with Crippen molar-refractivity contribution in [1.29, 1.82) is 0 Å². The van der Waals surface area contributed by atoms with Gasteiger partial charge in [-0.15, -0.1) is 0 Å². The van der Waals surface area contributed by atoms with Crippen molar-refractivity contribution in [2.45, 2.75) is 0 Å². The molecule has 0 aliphatic carbocycles. The third-order valence-electron chi connectivity index (χ3n) is 1.90. The molecule has 2 rings (SSSR count). The van der Waals surface area contributed by atoms with Crippen molar-refractivity contribution < 1.29 is 4.74 Å². The molecule has 0 aliphatic heterocycles. The van der Waals surface area contributed by atoms with Gasteiger partial charge in [-0.25, -0.2) is 0 Å². The zero-order valence-corrected chi connectivity index (χ0v) is 9.28. The van der Waals surface area contributed by atoms with E-state index < -0.39 is 0 Å². The molecule has 2 nitrogen and oxygen atoms in total. The van der Waals surface area contributed by atoms with E-state index in [-0.39, 0.29) is 0 Å². The number of methoxy groups -OCH3 is 1. The first kappa shape index (κ1) is 8.74. The van der Waals surface area contributed by atoms with Gasteiger partial charge >= 0.3 is 0 Å². The summed E-state index contributed by atoms with van der Waals surface area (Å²) >= 11 is 2.27. The molecule has 0 saturated carbocycles. The molecule has 0 fully saturated rings. The highest BCUT2D eigenvalue weighted by atomic mass is 127. The van der Waals surface area contributed by atoms with E-state index in [1.807, 2.05) is 24.3 Å². The number of ether oxygens (including phenoxy) is 1. The van der Waals surface area contributed by atoms with E-state index in [9.17, 15) is 0 Å². The summed E-state index contributed by atoms with van der Waals surface area (Å²) in [6, 6.07) is 7.89. The Kier molecular flexibility index (Phi) is 2.35. The van der Waals surface area contributed by atoms with Crippen LogP contribution in [-0.4, -0.2) is 12.1 Å². The van der Waals surface area contributed by atoms with Crippen molar-refractivity contribution >= 4 is 33.5 Å². The number of hydrogen-bond acceptors (Lipinski definition) is 2.